The van der Waals surface area contributed by atoms with Crippen LogP contribution in [0.5, 0.6) is 11.5 Å². The van der Waals surface area contributed by atoms with Crippen LogP contribution in [0.4, 0.5) is 11.4 Å². The quantitative estimate of drug-likeness (QED) is 0.376. The summed E-state index contributed by atoms with van der Waals surface area (Å²) in [5, 5.41) is 2.86. The number of hydrogen-bond acceptors (Lipinski definition) is 4. The smallest absolute Gasteiger partial charge is 0.255 e. The first-order valence-electron chi connectivity index (χ1n) is 11.7. The summed E-state index contributed by atoms with van der Waals surface area (Å²) < 4.78 is 5.83. The molecule has 6 nitrogen and oxygen atoms in total. The number of rotatable bonds is 5. The molecular formula is C29H26N2O4. The predicted molar refractivity (Wildman–Crippen MR) is 135 cm³/mol. The van der Waals surface area contributed by atoms with E-state index >= 15 is 0 Å². The third-order valence-electron chi connectivity index (χ3n) is 6.56. The van der Waals surface area contributed by atoms with Crippen molar-refractivity contribution in [2.24, 2.45) is 11.8 Å². The molecule has 1 fully saturated rings. The molecule has 1 heterocycles. The number of anilines is 2. The highest BCUT2D eigenvalue weighted by Crippen LogP contribution is 2.39. The van der Waals surface area contributed by atoms with Crippen LogP contribution in [-0.4, -0.2) is 17.7 Å². The zero-order valence-corrected chi connectivity index (χ0v) is 19.7. The Morgan fingerprint density at radius 2 is 1.54 bits per heavy atom. The van der Waals surface area contributed by atoms with Gasteiger partial charge in [-0.15, -0.1) is 0 Å². The molecule has 0 unspecified atom stereocenters. The number of allylic oxidation sites excluding steroid dienone is 2. The molecule has 35 heavy (non-hydrogen) atoms. The molecule has 3 aromatic rings. The molecule has 6 heteroatoms. The standard InChI is InChI=1S/C29H26N2O4/c1-18-6-11-23(12-7-18)35-24-13-9-21(10-14-24)30-27(32)20-4-3-5-22(17-20)31-28(33)25-15-8-19(2)16-26(25)29(31)34/h3-14,17,25-26H,15-16H2,1-2H3,(H,30,32)/t25-,26-/m0/s1. The first kappa shape index (κ1) is 22.6. The van der Waals surface area contributed by atoms with E-state index in [1.807, 2.05) is 44.2 Å². The molecular weight excluding hydrogens is 440 g/mol. The van der Waals surface area contributed by atoms with Gasteiger partial charge in [-0.2, -0.15) is 0 Å². The van der Waals surface area contributed by atoms with Crippen LogP contribution in [-0.2, 0) is 9.59 Å². The average Bonchev–Trinajstić information content (AvgIpc) is 3.11. The zero-order valence-electron chi connectivity index (χ0n) is 19.7. The summed E-state index contributed by atoms with van der Waals surface area (Å²) in [4.78, 5) is 40.1. The van der Waals surface area contributed by atoms with Gasteiger partial charge in [0.15, 0.2) is 0 Å². The van der Waals surface area contributed by atoms with E-state index in [9.17, 15) is 14.4 Å². The highest BCUT2D eigenvalue weighted by atomic mass is 16.5. The largest absolute Gasteiger partial charge is 0.457 e. The fourth-order valence-electron chi connectivity index (χ4n) is 4.63. The number of amides is 3. The lowest BCUT2D eigenvalue weighted by Crippen LogP contribution is -2.31. The second kappa shape index (κ2) is 9.22. The molecule has 2 atom stereocenters. The van der Waals surface area contributed by atoms with Crippen LogP contribution in [0, 0.1) is 18.8 Å². The summed E-state index contributed by atoms with van der Waals surface area (Å²) in [6.07, 6.45) is 3.23. The highest BCUT2D eigenvalue weighted by Gasteiger charge is 2.48. The Morgan fingerprint density at radius 3 is 2.26 bits per heavy atom. The van der Waals surface area contributed by atoms with E-state index in [1.165, 1.54) is 4.90 Å². The minimum absolute atomic E-state index is 0.186. The molecule has 0 saturated carbocycles. The normalized spacial score (nSPS) is 19.3. The molecule has 5 rings (SSSR count). The van der Waals surface area contributed by atoms with Gasteiger partial charge in [0.25, 0.3) is 5.91 Å². The first-order valence-corrected chi connectivity index (χ1v) is 11.7. The Hall–Kier alpha value is -4.19. The summed E-state index contributed by atoms with van der Waals surface area (Å²) in [7, 11) is 0. The number of carbonyl (C=O) groups is 3. The molecule has 1 aliphatic carbocycles. The van der Waals surface area contributed by atoms with Gasteiger partial charge in [0.1, 0.15) is 11.5 Å². The van der Waals surface area contributed by atoms with Crippen molar-refractivity contribution in [3.63, 3.8) is 0 Å². The average molecular weight is 467 g/mol. The summed E-state index contributed by atoms with van der Waals surface area (Å²) in [6, 6.07) is 21.5. The van der Waals surface area contributed by atoms with Gasteiger partial charge in [0, 0.05) is 11.3 Å². The van der Waals surface area contributed by atoms with E-state index in [0.717, 1.165) is 16.9 Å². The Balaban J connectivity index is 1.27. The lowest BCUT2D eigenvalue weighted by Gasteiger charge is -2.18. The highest BCUT2D eigenvalue weighted by molar-refractivity contribution is 6.22. The number of aryl methyl sites for hydroxylation is 1. The Morgan fingerprint density at radius 1 is 0.886 bits per heavy atom. The van der Waals surface area contributed by atoms with Crippen molar-refractivity contribution >= 4 is 29.1 Å². The van der Waals surface area contributed by atoms with Crippen molar-refractivity contribution in [1.29, 1.82) is 0 Å². The molecule has 1 N–H and O–H groups in total. The lowest BCUT2D eigenvalue weighted by atomic mass is 9.82. The molecule has 2 aliphatic rings. The third-order valence-corrected chi connectivity index (χ3v) is 6.56. The van der Waals surface area contributed by atoms with E-state index in [2.05, 4.69) is 5.32 Å². The summed E-state index contributed by atoms with van der Waals surface area (Å²) in [5.74, 6) is 0.0646. The zero-order chi connectivity index (χ0) is 24.5. The second-order valence-corrected chi connectivity index (χ2v) is 9.16. The molecule has 3 amide bonds. The topological polar surface area (TPSA) is 75.7 Å². The van der Waals surface area contributed by atoms with Gasteiger partial charge >= 0.3 is 0 Å². The van der Waals surface area contributed by atoms with Crippen molar-refractivity contribution in [1.82, 2.24) is 0 Å². The van der Waals surface area contributed by atoms with Crippen LogP contribution < -0.4 is 15.0 Å². The molecule has 0 radical (unpaired) electrons. The molecule has 1 saturated heterocycles. The summed E-state index contributed by atoms with van der Waals surface area (Å²) in [6.45, 7) is 4.01. The van der Waals surface area contributed by atoms with Gasteiger partial charge in [-0.05, 0) is 81.3 Å². The first-order chi connectivity index (χ1) is 16.9. The molecule has 3 aromatic carbocycles. The van der Waals surface area contributed by atoms with E-state index in [0.29, 0.717) is 35.5 Å². The Labute approximate surface area is 204 Å². The van der Waals surface area contributed by atoms with Crippen molar-refractivity contribution < 1.29 is 19.1 Å². The Bertz CT molecular complexity index is 1330. The SMILES string of the molecule is CC1=CC[C@@H]2C(=O)N(c3cccc(C(=O)Nc4ccc(Oc5ccc(C)cc5)cc4)c3)C(=O)[C@H]2C1. The molecule has 1 aliphatic heterocycles. The van der Waals surface area contributed by atoms with Crippen molar-refractivity contribution in [3.8, 4) is 11.5 Å². The molecule has 0 bridgehead atoms. The van der Waals surface area contributed by atoms with E-state index in [1.54, 1.807) is 48.5 Å². The van der Waals surface area contributed by atoms with Gasteiger partial charge in [-0.3, -0.25) is 19.3 Å². The minimum Gasteiger partial charge on any atom is -0.457 e. The number of imide groups is 1. The fourth-order valence-corrected chi connectivity index (χ4v) is 4.63. The molecule has 176 valence electrons. The van der Waals surface area contributed by atoms with Gasteiger partial charge in [-0.25, -0.2) is 0 Å². The van der Waals surface area contributed by atoms with Gasteiger partial charge < -0.3 is 10.1 Å². The summed E-state index contributed by atoms with van der Waals surface area (Å²) >= 11 is 0. The number of hydrogen-bond donors (Lipinski definition) is 1. The van der Waals surface area contributed by atoms with Gasteiger partial charge in [0.2, 0.25) is 11.8 Å². The Kier molecular flexibility index (Phi) is 5.95. The number of nitrogens with zero attached hydrogens (tertiary/aromatic N) is 1. The molecule has 0 spiro atoms. The van der Waals surface area contributed by atoms with Gasteiger partial charge in [-0.1, -0.05) is 35.4 Å². The van der Waals surface area contributed by atoms with E-state index in [4.69, 9.17) is 4.74 Å². The lowest BCUT2D eigenvalue weighted by molar-refractivity contribution is -0.122. The van der Waals surface area contributed by atoms with E-state index in [-0.39, 0.29) is 29.6 Å². The van der Waals surface area contributed by atoms with E-state index < -0.39 is 0 Å². The predicted octanol–water partition coefficient (Wildman–Crippen LogP) is 5.89. The summed E-state index contributed by atoms with van der Waals surface area (Å²) in [5.41, 5.74) is 3.70. The molecule has 0 aromatic heterocycles. The number of benzene rings is 3. The maximum Gasteiger partial charge on any atom is 0.255 e. The van der Waals surface area contributed by atoms with Gasteiger partial charge in [0.05, 0.1) is 17.5 Å². The number of nitrogens with one attached hydrogen (secondary N) is 1. The van der Waals surface area contributed by atoms with Crippen molar-refractivity contribution in [2.45, 2.75) is 26.7 Å². The number of carbonyl (C=O) groups excluding carboxylic acids is 3. The number of ether oxygens (including phenoxy) is 1. The van der Waals surface area contributed by atoms with Crippen molar-refractivity contribution in [2.75, 3.05) is 10.2 Å². The fraction of sp³-hybridized carbons (Fsp3) is 0.207. The maximum absolute atomic E-state index is 13.0. The maximum atomic E-state index is 13.0. The third kappa shape index (κ3) is 4.60. The number of fused-ring (bicyclic) bond motifs is 1. The van der Waals surface area contributed by atoms with Crippen LogP contribution in [0.2, 0.25) is 0 Å². The van der Waals surface area contributed by atoms with Crippen LogP contribution in [0.15, 0.2) is 84.4 Å². The van der Waals surface area contributed by atoms with Crippen LogP contribution >= 0.6 is 0 Å². The second-order valence-electron chi connectivity index (χ2n) is 9.16. The monoisotopic (exact) mass is 466 g/mol. The van der Waals surface area contributed by atoms with Crippen molar-refractivity contribution in [3.05, 3.63) is 95.6 Å². The van der Waals surface area contributed by atoms with Crippen LogP contribution in [0.3, 0.4) is 0 Å². The van der Waals surface area contributed by atoms with Crippen LogP contribution in [0.1, 0.15) is 35.7 Å². The van der Waals surface area contributed by atoms with Crippen LogP contribution in [0.25, 0.3) is 0 Å². The minimum atomic E-state index is -0.326.